The van der Waals surface area contributed by atoms with E-state index >= 15 is 0 Å². The minimum absolute atomic E-state index is 0.00997. The number of benzene rings is 2. The maximum absolute atomic E-state index is 4.46. The van der Waals surface area contributed by atoms with Crippen molar-refractivity contribution in [3.63, 3.8) is 0 Å². The monoisotopic (exact) mass is 357 g/mol. The molecule has 0 spiro atoms. The molecule has 0 saturated heterocycles. The van der Waals surface area contributed by atoms with Crippen LogP contribution >= 0.6 is 0 Å². The first kappa shape index (κ1) is 17.1. The lowest BCUT2D eigenvalue weighted by molar-refractivity contribution is 0.634. The van der Waals surface area contributed by atoms with Gasteiger partial charge >= 0.3 is 0 Å². The Morgan fingerprint density at radius 2 is 1.70 bits per heavy atom. The van der Waals surface area contributed by atoms with Gasteiger partial charge in [-0.2, -0.15) is 0 Å². The van der Waals surface area contributed by atoms with Crippen LogP contribution in [0.3, 0.4) is 0 Å². The maximum Gasteiger partial charge on any atom is 0.134 e. The summed E-state index contributed by atoms with van der Waals surface area (Å²) < 4.78 is 0. The summed E-state index contributed by atoms with van der Waals surface area (Å²) in [5, 5.41) is 8.01. The quantitative estimate of drug-likeness (QED) is 0.446. The van der Waals surface area contributed by atoms with E-state index in [2.05, 4.69) is 70.6 Å². The molecule has 4 aromatic rings. The van der Waals surface area contributed by atoms with E-state index < -0.39 is 0 Å². The molecule has 4 rings (SSSR count). The van der Waals surface area contributed by atoms with Crippen molar-refractivity contribution in [2.45, 2.75) is 26.3 Å². The molecule has 0 fully saturated rings. The molecule has 5 heteroatoms. The predicted molar refractivity (Wildman–Crippen MR) is 112 cm³/mol. The Bertz CT molecular complexity index is 1080. The van der Waals surface area contributed by atoms with Crippen LogP contribution in [0, 0.1) is 0 Å². The lowest BCUT2D eigenvalue weighted by Gasteiger charge is -2.22. The molecule has 0 radical (unpaired) electrons. The topological polar surface area (TPSA) is 65.6 Å². The van der Waals surface area contributed by atoms with Crippen LogP contribution in [0.15, 0.2) is 67.1 Å². The summed E-state index contributed by atoms with van der Waals surface area (Å²) >= 11 is 0. The van der Waals surface area contributed by atoms with E-state index in [1.54, 1.807) is 6.33 Å². The SMILES string of the molecule is CC(C)(C)Nc1cccc(Nc2cc(-c3c[nH]c4ccccc34)ncn2)c1. The molecular weight excluding hydrogens is 334 g/mol. The fourth-order valence-corrected chi connectivity index (χ4v) is 3.11. The highest BCUT2D eigenvalue weighted by Gasteiger charge is 2.10. The first-order chi connectivity index (χ1) is 13.0. The summed E-state index contributed by atoms with van der Waals surface area (Å²) in [6.07, 6.45) is 3.58. The Labute approximate surface area is 158 Å². The molecule has 0 bridgehead atoms. The summed E-state index contributed by atoms with van der Waals surface area (Å²) in [6, 6.07) is 18.4. The van der Waals surface area contributed by atoms with Crippen LogP contribution < -0.4 is 10.6 Å². The number of anilines is 3. The lowest BCUT2D eigenvalue weighted by Crippen LogP contribution is -2.25. The van der Waals surface area contributed by atoms with Gasteiger partial charge in [-0.25, -0.2) is 9.97 Å². The van der Waals surface area contributed by atoms with Crippen molar-refractivity contribution in [3.05, 3.63) is 67.1 Å². The number of H-pyrrole nitrogens is 1. The van der Waals surface area contributed by atoms with E-state index in [1.807, 2.05) is 36.5 Å². The van der Waals surface area contributed by atoms with Gasteiger partial charge in [0.25, 0.3) is 0 Å². The zero-order valence-corrected chi connectivity index (χ0v) is 15.7. The van der Waals surface area contributed by atoms with Gasteiger partial charge in [-0.1, -0.05) is 24.3 Å². The van der Waals surface area contributed by atoms with Crippen molar-refractivity contribution in [1.29, 1.82) is 0 Å². The first-order valence-corrected chi connectivity index (χ1v) is 9.02. The normalized spacial score (nSPS) is 11.5. The highest BCUT2D eigenvalue weighted by atomic mass is 15.0. The average Bonchev–Trinajstić information content (AvgIpc) is 3.05. The Balaban J connectivity index is 1.61. The zero-order valence-electron chi connectivity index (χ0n) is 15.7. The van der Waals surface area contributed by atoms with Crippen molar-refractivity contribution in [1.82, 2.24) is 15.0 Å². The van der Waals surface area contributed by atoms with Crippen LogP contribution in [0.25, 0.3) is 22.2 Å². The van der Waals surface area contributed by atoms with Crippen molar-refractivity contribution >= 4 is 28.1 Å². The molecule has 0 unspecified atom stereocenters. The lowest BCUT2D eigenvalue weighted by atomic mass is 10.1. The smallest absolute Gasteiger partial charge is 0.134 e. The number of aromatic nitrogens is 3. The summed E-state index contributed by atoms with van der Waals surface area (Å²) in [5.41, 5.74) is 5.11. The van der Waals surface area contributed by atoms with Crippen LogP contribution in [-0.4, -0.2) is 20.5 Å². The molecule has 0 atom stereocenters. The van der Waals surface area contributed by atoms with Crippen molar-refractivity contribution in [3.8, 4) is 11.3 Å². The van der Waals surface area contributed by atoms with Crippen molar-refractivity contribution < 1.29 is 0 Å². The second-order valence-electron chi connectivity index (χ2n) is 7.62. The molecular formula is C22H23N5. The van der Waals surface area contributed by atoms with Gasteiger partial charge in [0.05, 0.1) is 5.69 Å². The Hall–Kier alpha value is -3.34. The van der Waals surface area contributed by atoms with Gasteiger partial charge in [-0.15, -0.1) is 0 Å². The summed E-state index contributed by atoms with van der Waals surface area (Å²) in [6.45, 7) is 6.43. The second-order valence-corrected chi connectivity index (χ2v) is 7.62. The number of hydrogen-bond acceptors (Lipinski definition) is 4. The molecule has 2 heterocycles. The zero-order chi connectivity index (χ0) is 18.9. The van der Waals surface area contributed by atoms with Gasteiger partial charge in [0.15, 0.2) is 0 Å². The Kier molecular flexibility index (Phi) is 4.28. The van der Waals surface area contributed by atoms with Gasteiger partial charge in [0.1, 0.15) is 12.1 Å². The number of nitrogens with one attached hydrogen (secondary N) is 3. The van der Waals surface area contributed by atoms with E-state index in [0.717, 1.165) is 39.4 Å². The molecule has 0 aliphatic heterocycles. The van der Waals surface area contributed by atoms with Crippen LogP contribution in [-0.2, 0) is 0 Å². The summed E-state index contributed by atoms with van der Waals surface area (Å²) in [7, 11) is 0. The maximum atomic E-state index is 4.46. The molecule has 3 N–H and O–H groups in total. The van der Waals surface area contributed by atoms with Crippen molar-refractivity contribution in [2.75, 3.05) is 10.6 Å². The molecule has 0 amide bonds. The number of hydrogen-bond donors (Lipinski definition) is 3. The van der Waals surface area contributed by atoms with Gasteiger partial charge in [0.2, 0.25) is 0 Å². The van der Waals surface area contributed by atoms with Crippen LogP contribution in [0.5, 0.6) is 0 Å². The molecule has 0 saturated carbocycles. The van der Waals surface area contributed by atoms with Crippen molar-refractivity contribution in [2.24, 2.45) is 0 Å². The molecule has 5 nitrogen and oxygen atoms in total. The molecule has 136 valence electrons. The number of rotatable bonds is 4. The third kappa shape index (κ3) is 3.92. The largest absolute Gasteiger partial charge is 0.380 e. The first-order valence-electron chi connectivity index (χ1n) is 9.02. The van der Waals surface area contributed by atoms with Gasteiger partial charge < -0.3 is 15.6 Å². The van der Waals surface area contributed by atoms with E-state index in [0.29, 0.717) is 0 Å². The highest BCUT2D eigenvalue weighted by Crippen LogP contribution is 2.29. The van der Waals surface area contributed by atoms with E-state index in [-0.39, 0.29) is 5.54 Å². The van der Waals surface area contributed by atoms with Gasteiger partial charge in [0, 0.05) is 45.6 Å². The fraction of sp³-hybridized carbons (Fsp3) is 0.182. The minimum atomic E-state index is 0.00997. The number of para-hydroxylation sites is 1. The molecule has 2 aromatic heterocycles. The van der Waals surface area contributed by atoms with Crippen LogP contribution in [0.1, 0.15) is 20.8 Å². The van der Waals surface area contributed by atoms with E-state index in [1.165, 1.54) is 0 Å². The molecule has 0 aliphatic carbocycles. The third-order valence-corrected chi connectivity index (χ3v) is 4.19. The van der Waals surface area contributed by atoms with E-state index in [4.69, 9.17) is 0 Å². The van der Waals surface area contributed by atoms with Gasteiger partial charge in [-0.05, 0) is 45.0 Å². The number of nitrogens with zero attached hydrogens (tertiary/aromatic N) is 2. The predicted octanol–water partition coefficient (Wildman–Crippen LogP) is 5.58. The van der Waals surface area contributed by atoms with Crippen LogP contribution in [0.2, 0.25) is 0 Å². The number of aromatic amines is 1. The second kappa shape index (κ2) is 6.76. The Morgan fingerprint density at radius 3 is 2.56 bits per heavy atom. The van der Waals surface area contributed by atoms with E-state index in [9.17, 15) is 0 Å². The fourth-order valence-electron chi connectivity index (χ4n) is 3.11. The van der Waals surface area contributed by atoms with Crippen LogP contribution in [0.4, 0.5) is 17.2 Å². The number of fused-ring (bicyclic) bond motifs is 1. The standard InChI is InChI=1S/C22H23N5/c1-22(2,3)27-16-8-6-7-15(11-16)26-21-12-20(24-14-25-21)18-13-23-19-10-5-4-9-17(18)19/h4-14,23,27H,1-3H3,(H,24,25,26). The third-order valence-electron chi connectivity index (χ3n) is 4.19. The molecule has 27 heavy (non-hydrogen) atoms. The summed E-state index contributed by atoms with van der Waals surface area (Å²) in [5.74, 6) is 0.762. The summed E-state index contributed by atoms with van der Waals surface area (Å²) in [4.78, 5) is 12.1. The highest BCUT2D eigenvalue weighted by molar-refractivity contribution is 5.94. The minimum Gasteiger partial charge on any atom is -0.380 e. The average molecular weight is 357 g/mol. The molecule has 2 aromatic carbocycles. The molecule has 0 aliphatic rings. The Morgan fingerprint density at radius 1 is 0.889 bits per heavy atom. The van der Waals surface area contributed by atoms with Gasteiger partial charge in [-0.3, -0.25) is 0 Å².